The van der Waals surface area contributed by atoms with Gasteiger partial charge in [0.05, 0.1) is 11.6 Å². The lowest BCUT2D eigenvalue weighted by molar-refractivity contribution is 0.0950. The molecule has 3 rings (SSSR count). The number of aromatic nitrogens is 2. The molecule has 28 heavy (non-hydrogen) atoms. The van der Waals surface area contributed by atoms with Crippen LogP contribution in [0.3, 0.4) is 0 Å². The number of carbonyl (C=O) groups is 1. The molecule has 0 fully saturated rings. The van der Waals surface area contributed by atoms with Gasteiger partial charge in [0, 0.05) is 6.54 Å². The molecule has 0 unspecified atom stereocenters. The number of nitrogens with one attached hydrogen (secondary N) is 1. The lowest BCUT2D eigenvalue weighted by Crippen LogP contribution is -2.22. The summed E-state index contributed by atoms with van der Waals surface area (Å²) in [6, 6.07) is 15.6. The lowest BCUT2D eigenvalue weighted by atomic mass is 10.1. The smallest absolute Gasteiger partial charge is 0.282 e. The molecular weight excluding hydrogens is 394 g/mol. The SMILES string of the molecule is CCOc1ccc(/C=C(\Cl)c2nnc(C(=O)NCc3ccc(C)cc3)s2)cc1. The van der Waals surface area contributed by atoms with E-state index in [2.05, 4.69) is 15.5 Å². The van der Waals surface area contributed by atoms with Crippen molar-refractivity contribution >= 4 is 40.0 Å². The largest absolute Gasteiger partial charge is 0.494 e. The van der Waals surface area contributed by atoms with Crippen LogP contribution in [0.2, 0.25) is 0 Å². The number of nitrogens with zero attached hydrogens (tertiary/aromatic N) is 2. The van der Waals surface area contributed by atoms with E-state index in [9.17, 15) is 4.79 Å². The normalized spacial score (nSPS) is 11.3. The number of ether oxygens (including phenoxy) is 1. The Morgan fingerprint density at radius 2 is 1.79 bits per heavy atom. The number of amides is 1. The number of hydrogen-bond acceptors (Lipinski definition) is 5. The van der Waals surface area contributed by atoms with Gasteiger partial charge < -0.3 is 10.1 Å². The molecule has 144 valence electrons. The average Bonchev–Trinajstić information content (AvgIpc) is 3.19. The minimum Gasteiger partial charge on any atom is -0.494 e. The van der Waals surface area contributed by atoms with Crippen LogP contribution < -0.4 is 10.1 Å². The minimum absolute atomic E-state index is 0.269. The van der Waals surface area contributed by atoms with E-state index in [0.29, 0.717) is 23.2 Å². The molecule has 1 heterocycles. The number of halogens is 1. The summed E-state index contributed by atoms with van der Waals surface area (Å²) in [6.45, 7) is 5.02. The highest BCUT2D eigenvalue weighted by Gasteiger charge is 2.14. The molecule has 1 aromatic heterocycles. The van der Waals surface area contributed by atoms with Gasteiger partial charge in [0.1, 0.15) is 5.75 Å². The van der Waals surface area contributed by atoms with E-state index in [1.165, 1.54) is 5.56 Å². The predicted molar refractivity (Wildman–Crippen MR) is 114 cm³/mol. The molecule has 0 aliphatic rings. The summed E-state index contributed by atoms with van der Waals surface area (Å²) in [6.07, 6.45) is 1.78. The van der Waals surface area contributed by atoms with Gasteiger partial charge in [0.2, 0.25) is 5.01 Å². The fourth-order valence-electron chi connectivity index (χ4n) is 2.41. The van der Waals surface area contributed by atoms with Gasteiger partial charge in [0.15, 0.2) is 5.01 Å². The first kappa shape index (κ1) is 20.0. The highest BCUT2D eigenvalue weighted by atomic mass is 35.5. The zero-order valence-electron chi connectivity index (χ0n) is 15.6. The van der Waals surface area contributed by atoms with Crippen molar-refractivity contribution in [1.29, 1.82) is 0 Å². The highest BCUT2D eigenvalue weighted by Crippen LogP contribution is 2.26. The quantitative estimate of drug-likeness (QED) is 0.597. The Morgan fingerprint density at radius 3 is 2.46 bits per heavy atom. The van der Waals surface area contributed by atoms with Crippen molar-refractivity contribution < 1.29 is 9.53 Å². The van der Waals surface area contributed by atoms with E-state index in [1.807, 2.05) is 62.4 Å². The van der Waals surface area contributed by atoms with Crippen molar-refractivity contribution in [2.24, 2.45) is 0 Å². The van der Waals surface area contributed by atoms with Gasteiger partial charge in [-0.15, -0.1) is 10.2 Å². The summed E-state index contributed by atoms with van der Waals surface area (Å²) < 4.78 is 5.42. The standard InChI is InChI=1S/C21H20ClN3O2S/c1-3-27-17-10-8-15(9-11-17)12-18(22)20-24-25-21(28-20)19(26)23-13-16-6-4-14(2)5-7-16/h4-12H,3,13H2,1-2H3,(H,23,26)/b18-12-. The first-order valence-corrected chi connectivity index (χ1v) is 10.0. The molecule has 0 aliphatic carbocycles. The fraction of sp³-hybridized carbons (Fsp3) is 0.190. The second-order valence-electron chi connectivity index (χ2n) is 6.07. The van der Waals surface area contributed by atoms with Crippen LogP contribution in [-0.4, -0.2) is 22.7 Å². The van der Waals surface area contributed by atoms with Crippen LogP contribution in [0.25, 0.3) is 11.1 Å². The number of aryl methyl sites for hydroxylation is 1. The van der Waals surface area contributed by atoms with E-state index >= 15 is 0 Å². The zero-order chi connectivity index (χ0) is 19.9. The maximum Gasteiger partial charge on any atom is 0.282 e. The van der Waals surface area contributed by atoms with Gasteiger partial charge in [-0.1, -0.05) is 64.9 Å². The van der Waals surface area contributed by atoms with Crippen LogP contribution in [0.4, 0.5) is 0 Å². The molecule has 0 spiro atoms. The lowest BCUT2D eigenvalue weighted by Gasteiger charge is -2.03. The molecule has 1 N–H and O–H groups in total. The maximum absolute atomic E-state index is 12.3. The molecule has 3 aromatic rings. The summed E-state index contributed by atoms with van der Waals surface area (Å²) in [5, 5.41) is 12.0. The fourth-order valence-corrected chi connectivity index (χ4v) is 3.36. The van der Waals surface area contributed by atoms with Crippen LogP contribution in [0.5, 0.6) is 5.75 Å². The van der Waals surface area contributed by atoms with Crippen LogP contribution in [0.15, 0.2) is 48.5 Å². The summed E-state index contributed by atoms with van der Waals surface area (Å²) in [5.41, 5.74) is 3.11. The molecule has 5 nitrogen and oxygen atoms in total. The zero-order valence-corrected chi connectivity index (χ0v) is 17.2. The Balaban J connectivity index is 1.63. The first-order chi connectivity index (χ1) is 13.5. The van der Waals surface area contributed by atoms with Crippen molar-refractivity contribution in [2.45, 2.75) is 20.4 Å². The summed E-state index contributed by atoms with van der Waals surface area (Å²) in [7, 11) is 0. The van der Waals surface area contributed by atoms with E-state index in [0.717, 1.165) is 28.2 Å². The summed E-state index contributed by atoms with van der Waals surface area (Å²) in [4.78, 5) is 12.3. The van der Waals surface area contributed by atoms with Crippen molar-refractivity contribution in [3.8, 4) is 5.75 Å². The van der Waals surface area contributed by atoms with Crippen LogP contribution in [0.1, 0.15) is 38.4 Å². The Bertz CT molecular complexity index is 966. The Labute approximate surface area is 173 Å². The molecule has 0 radical (unpaired) electrons. The summed E-state index contributed by atoms with van der Waals surface area (Å²) >= 11 is 7.51. The Kier molecular flexibility index (Phi) is 6.79. The first-order valence-electron chi connectivity index (χ1n) is 8.83. The van der Waals surface area contributed by atoms with Crippen LogP contribution in [-0.2, 0) is 6.54 Å². The molecular formula is C21H20ClN3O2S. The van der Waals surface area contributed by atoms with E-state index < -0.39 is 0 Å². The highest BCUT2D eigenvalue weighted by molar-refractivity contribution is 7.15. The average molecular weight is 414 g/mol. The third kappa shape index (κ3) is 5.41. The molecule has 7 heteroatoms. The second kappa shape index (κ2) is 9.48. The predicted octanol–water partition coefficient (Wildman–Crippen LogP) is 4.91. The third-order valence-electron chi connectivity index (χ3n) is 3.88. The second-order valence-corrected chi connectivity index (χ2v) is 7.46. The van der Waals surface area contributed by atoms with Crippen LogP contribution >= 0.6 is 22.9 Å². The van der Waals surface area contributed by atoms with Gasteiger partial charge in [-0.2, -0.15) is 0 Å². The number of benzene rings is 2. The molecule has 0 saturated heterocycles. The topological polar surface area (TPSA) is 64.1 Å². The minimum atomic E-state index is -0.269. The van der Waals surface area contributed by atoms with Crippen molar-refractivity contribution in [2.75, 3.05) is 6.61 Å². The van der Waals surface area contributed by atoms with Crippen molar-refractivity contribution in [1.82, 2.24) is 15.5 Å². The van der Waals surface area contributed by atoms with Gasteiger partial charge >= 0.3 is 0 Å². The summed E-state index contributed by atoms with van der Waals surface area (Å²) in [5.74, 6) is 0.536. The number of carbonyl (C=O) groups excluding carboxylic acids is 1. The van der Waals surface area contributed by atoms with Gasteiger partial charge in [0.25, 0.3) is 5.91 Å². The number of rotatable bonds is 7. The molecule has 1 amide bonds. The van der Waals surface area contributed by atoms with Gasteiger partial charge in [-0.05, 0) is 43.2 Å². The monoisotopic (exact) mass is 413 g/mol. The molecule has 2 aromatic carbocycles. The van der Waals surface area contributed by atoms with Gasteiger partial charge in [-0.25, -0.2) is 0 Å². The van der Waals surface area contributed by atoms with Crippen LogP contribution in [0, 0.1) is 6.92 Å². The van der Waals surface area contributed by atoms with Crippen molar-refractivity contribution in [3.63, 3.8) is 0 Å². The molecule has 0 saturated carbocycles. The Morgan fingerprint density at radius 1 is 1.11 bits per heavy atom. The molecule has 0 aliphatic heterocycles. The maximum atomic E-state index is 12.3. The number of hydrogen-bond donors (Lipinski definition) is 1. The van der Waals surface area contributed by atoms with E-state index in [1.54, 1.807) is 6.08 Å². The third-order valence-corrected chi connectivity index (χ3v) is 5.24. The van der Waals surface area contributed by atoms with E-state index in [4.69, 9.17) is 16.3 Å². The molecule has 0 bridgehead atoms. The van der Waals surface area contributed by atoms with Crippen molar-refractivity contribution in [3.05, 3.63) is 75.2 Å². The van der Waals surface area contributed by atoms with E-state index in [-0.39, 0.29) is 10.9 Å². The molecule has 0 atom stereocenters. The Hall–Kier alpha value is -2.70. The van der Waals surface area contributed by atoms with Gasteiger partial charge in [-0.3, -0.25) is 4.79 Å².